The Kier molecular flexibility index (Phi) is 8.19. The maximum atomic E-state index is 12.8. The number of sulfonamides is 1. The van der Waals surface area contributed by atoms with E-state index in [1.807, 2.05) is 55.5 Å². The lowest BCUT2D eigenvalue weighted by Gasteiger charge is -2.22. The van der Waals surface area contributed by atoms with E-state index in [4.69, 9.17) is 4.74 Å². The third-order valence-corrected chi connectivity index (χ3v) is 6.64. The molecule has 3 aromatic carbocycles. The van der Waals surface area contributed by atoms with Gasteiger partial charge in [0.1, 0.15) is 12.3 Å². The summed E-state index contributed by atoms with van der Waals surface area (Å²) in [7, 11) is -3.67. The van der Waals surface area contributed by atoms with Crippen LogP contribution in [0.3, 0.4) is 0 Å². The number of carbonyl (C=O) groups is 1. The minimum Gasteiger partial charge on any atom is -0.494 e. The number of benzene rings is 3. The molecule has 0 aliphatic rings. The van der Waals surface area contributed by atoms with Crippen molar-refractivity contribution in [3.63, 3.8) is 0 Å². The number of hydrogen-bond donors (Lipinski definition) is 1. The van der Waals surface area contributed by atoms with Crippen LogP contribution in [0.25, 0.3) is 0 Å². The van der Waals surface area contributed by atoms with E-state index in [0.29, 0.717) is 23.7 Å². The van der Waals surface area contributed by atoms with E-state index < -0.39 is 15.9 Å². The molecule has 3 rings (SSSR count). The summed E-state index contributed by atoms with van der Waals surface area (Å²) in [6, 6.07) is 23.9. The number of nitrogens with zero attached hydrogens (tertiary/aromatic N) is 1. The molecule has 1 amide bonds. The molecule has 32 heavy (non-hydrogen) atoms. The standard InChI is InChI=1S/C24H26N2O4S2/c1-3-17-30-20-15-13-19(14-16-20)26(32(2,28)29)18-24(27)25-22-11-7-8-12-23(22)31-21-9-5-4-6-10-21/h4-16H,3,17-18H2,1-2H3,(H,25,27). The smallest absolute Gasteiger partial charge is 0.245 e. The second-order valence-electron chi connectivity index (χ2n) is 7.07. The molecule has 0 saturated heterocycles. The van der Waals surface area contributed by atoms with Gasteiger partial charge < -0.3 is 10.1 Å². The first-order valence-electron chi connectivity index (χ1n) is 10.2. The van der Waals surface area contributed by atoms with Crippen molar-refractivity contribution in [3.05, 3.63) is 78.9 Å². The van der Waals surface area contributed by atoms with Crippen LogP contribution in [-0.4, -0.2) is 33.7 Å². The van der Waals surface area contributed by atoms with E-state index in [1.54, 1.807) is 30.3 Å². The summed E-state index contributed by atoms with van der Waals surface area (Å²) in [5, 5.41) is 2.85. The molecule has 0 unspecified atom stereocenters. The maximum Gasteiger partial charge on any atom is 0.245 e. The van der Waals surface area contributed by atoms with Crippen LogP contribution in [0, 0.1) is 0 Å². The fourth-order valence-electron chi connectivity index (χ4n) is 2.92. The molecule has 3 aromatic rings. The largest absolute Gasteiger partial charge is 0.494 e. The zero-order valence-corrected chi connectivity index (χ0v) is 19.7. The van der Waals surface area contributed by atoms with Gasteiger partial charge in [0.05, 0.1) is 24.2 Å². The topological polar surface area (TPSA) is 75.7 Å². The molecular weight excluding hydrogens is 444 g/mol. The highest BCUT2D eigenvalue weighted by molar-refractivity contribution is 7.99. The molecule has 0 fully saturated rings. The number of hydrogen-bond acceptors (Lipinski definition) is 5. The molecule has 168 valence electrons. The van der Waals surface area contributed by atoms with Crippen LogP contribution in [0.1, 0.15) is 13.3 Å². The van der Waals surface area contributed by atoms with E-state index in [1.165, 1.54) is 11.8 Å². The summed E-state index contributed by atoms with van der Waals surface area (Å²) in [6.07, 6.45) is 1.96. The third-order valence-electron chi connectivity index (χ3n) is 4.42. The quantitative estimate of drug-likeness (QED) is 0.450. The van der Waals surface area contributed by atoms with Crippen molar-refractivity contribution in [1.29, 1.82) is 0 Å². The van der Waals surface area contributed by atoms with Gasteiger partial charge >= 0.3 is 0 Å². The number of carbonyl (C=O) groups excluding carboxylic acids is 1. The Balaban J connectivity index is 1.74. The Morgan fingerprint density at radius 3 is 2.28 bits per heavy atom. The molecule has 1 N–H and O–H groups in total. The highest BCUT2D eigenvalue weighted by Gasteiger charge is 2.21. The monoisotopic (exact) mass is 470 g/mol. The van der Waals surface area contributed by atoms with Crippen LogP contribution in [-0.2, 0) is 14.8 Å². The van der Waals surface area contributed by atoms with Gasteiger partial charge in [-0.1, -0.05) is 49.0 Å². The van der Waals surface area contributed by atoms with Gasteiger partial charge in [-0.2, -0.15) is 0 Å². The Bertz CT molecular complexity index is 1130. The minimum absolute atomic E-state index is 0.335. The number of amides is 1. The van der Waals surface area contributed by atoms with Gasteiger partial charge in [-0.25, -0.2) is 8.42 Å². The van der Waals surface area contributed by atoms with Crippen molar-refractivity contribution in [2.75, 3.05) is 29.0 Å². The zero-order valence-electron chi connectivity index (χ0n) is 18.0. The van der Waals surface area contributed by atoms with Crippen LogP contribution in [0.2, 0.25) is 0 Å². The van der Waals surface area contributed by atoms with Gasteiger partial charge in [-0.15, -0.1) is 0 Å². The molecule has 0 saturated carbocycles. The lowest BCUT2D eigenvalue weighted by molar-refractivity contribution is -0.114. The number of para-hydroxylation sites is 1. The SMILES string of the molecule is CCCOc1ccc(N(CC(=O)Nc2ccccc2Sc2ccccc2)S(C)(=O)=O)cc1. The van der Waals surface area contributed by atoms with Crippen LogP contribution in [0.4, 0.5) is 11.4 Å². The fraction of sp³-hybridized carbons (Fsp3) is 0.208. The molecule has 0 bridgehead atoms. The first kappa shape index (κ1) is 23.7. The van der Waals surface area contributed by atoms with Gasteiger partial charge in [0.25, 0.3) is 0 Å². The van der Waals surface area contributed by atoms with E-state index >= 15 is 0 Å². The van der Waals surface area contributed by atoms with Gasteiger partial charge in [0, 0.05) is 9.79 Å². The van der Waals surface area contributed by atoms with Crippen molar-refractivity contribution in [3.8, 4) is 5.75 Å². The maximum absolute atomic E-state index is 12.8. The lowest BCUT2D eigenvalue weighted by Crippen LogP contribution is -2.37. The van der Waals surface area contributed by atoms with Crippen LogP contribution in [0.5, 0.6) is 5.75 Å². The van der Waals surface area contributed by atoms with Crippen molar-refractivity contribution >= 4 is 39.1 Å². The number of nitrogens with one attached hydrogen (secondary N) is 1. The van der Waals surface area contributed by atoms with Gasteiger partial charge in [0.2, 0.25) is 15.9 Å². The van der Waals surface area contributed by atoms with Crippen LogP contribution in [0.15, 0.2) is 88.7 Å². The predicted molar refractivity (Wildman–Crippen MR) is 130 cm³/mol. The average Bonchev–Trinajstić information content (AvgIpc) is 2.78. The van der Waals surface area contributed by atoms with Crippen molar-refractivity contribution in [2.24, 2.45) is 0 Å². The summed E-state index contributed by atoms with van der Waals surface area (Å²) in [5.41, 5.74) is 1.03. The zero-order chi connectivity index (χ0) is 23.0. The van der Waals surface area contributed by atoms with Crippen LogP contribution < -0.4 is 14.4 Å². The van der Waals surface area contributed by atoms with E-state index in [0.717, 1.165) is 26.8 Å². The van der Waals surface area contributed by atoms with Crippen molar-refractivity contribution in [2.45, 2.75) is 23.1 Å². The minimum atomic E-state index is -3.67. The van der Waals surface area contributed by atoms with Crippen molar-refractivity contribution in [1.82, 2.24) is 0 Å². The van der Waals surface area contributed by atoms with E-state index in [9.17, 15) is 13.2 Å². The van der Waals surface area contributed by atoms with Crippen molar-refractivity contribution < 1.29 is 17.9 Å². The van der Waals surface area contributed by atoms with Crippen LogP contribution >= 0.6 is 11.8 Å². The van der Waals surface area contributed by atoms with E-state index in [2.05, 4.69) is 5.32 Å². The molecule has 0 aliphatic carbocycles. The molecule has 0 atom stereocenters. The molecule has 8 heteroatoms. The molecule has 0 aliphatic heterocycles. The second kappa shape index (κ2) is 11.1. The van der Waals surface area contributed by atoms with Gasteiger partial charge in [0.15, 0.2) is 0 Å². The molecule has 0 spiro atoms. The van der Waals surface area contributed by atoms with E-state index in [-0.39, 0.29) is 6.54 Å². The Morgan fingerprint density at radius 2 is 1.62 bits per heavy atom. The Hall–Kier alpha value is -2.97. The lowest BCUT2D eigenvalue weighted by atomic mass is 10.3. The third kappa shape index (κ3) is 6.77. The number of rotatable bonds is 10. The summed E-state index contributed by atoms with van der Waals surface area (Å²) >= 11 is 1.52. The molecule has 0 heterocycles. The summed E-state index contributed by atoms with van der Waals surface area (Å²) in [4.78, 5) is 14.7. The highest BCUT2D eigenvalue weighted by Crippen LogP contribution is 2.33. The average molecular weight is 471 g/mol. The molecule has 6 nitrogen and oxygen atoms in total. The normalized spacial score (nSPS) is 11.1. The summed E-state index contributed by atoms with van der Waals surface area (Å²) < 4.78 is 31.4. The first-order valence-corrected chi connectivity index (χ1v) is 12.9. The molecule has 0 radical (unpaired) electrons. The van der Waals surface area contributed by atoms with Gasteiger partial charge in [-0.3, -0.25) is 9.10 Å². The Labute approximate surface area is 193 Å². The summed E-state index contributed by atoms with van der Waals surface area (Å²) in [5.74, 6) is 0.225. The fourth-order valence-corrected chi connectivity index (χ4v) is 4.70. The summed E-state index contributed by atoms with van der Waals surface area (Å²) in [6.45, 7) is 2.26. The molecular formula is C24H26N2O4S2. The predicted octanol–water partition coefficient (Wildman–Crippen LogP) is 5.03. The van der Waals surface area contributed by atoms with Gasteiger partial charge in [-0.05, 0) is 55.0 Å². The second-order valence-corrected chi connectivity index (χ2v) is 10.1. The first-order chi connectivity index (χ1) is 15.4. The molecule has 0 aromatic heterocycles. The number of anilines is 2. The Morgan fingerprint density at radius 1 is 0.969 bits per heavy atom. The number of ether oxygens (including phenoxy) is 1. The highest BCUT2D eigenvalue weighted by atomic mass is 32.2.